The summed E-state index contributed by atoms with van der Waals surface area (Å²) in [4.78, 5) is 23.3. The Bertz CT molecular complexity index is 748. The second-order valence-electron chi connectivity index (χ2n) is 4.77. The second kappa shape index (κ2) is 7.11. The standard InChI is InChI=1S/C16H14ClFN2O3/c1-23-16(22)10-4-2-9(3-5-10)6-15(21)20-14-8-12(18)11(17)7-13(14)19/h2-5,7-8H,6,19H2,1H3,(H,20,21). The third-order valence-corrected chi connectivity index (χ3v) is 3.40. The molecule has 120 valence electrons. The van der Waals surface area contributed by atoms with Gasteiger partial charge in [0.15, 0.2) is 0 Å². The molecule has 0 heterocycles. The number of anilines is 2. The van der Waals surface area contributed by atoms with Crippen LogP contribution in [0.15, 0.2) is 36.4 Å². The minimum absolute atomic E-state index is 0.0468. The predicted molar refractivity (Wildman–Crippen MR) is 85.9 cm³/mol. The van der Waals surface area contributed by atoms with Crippen molar-refractivity contribution >= 4 is 34.9 Å². The maximum Gasteiger partial charge on any atom is 0.337 e. The van der Waals surface area contributed by atoms with E-state index in [1.54, 1.807) is 24.3 Å². The van der Waals surface area contributed by atoms with Gasteiger partial charge < -0.3 is 15.8 Å². The van der Waals surface area contributed by atoms with Crippen LogP contribution in [0.1, 0.15) is 15.9 Å². The molecule has 0 unspecified atom stereocenters. The SMILES string of the molecule is COC(=O)c1ccc(CC(=O)Nc2cc(F)c(Cl)cc2N)cc1. The number of nitrogens with one attached hydrogen (secondary N) is 1. The van der Waals surface area contributed by atoms with E-state index in [4.69, 9.17) is 17.3 Å². The van der Waals surface area contributed by atoms with Crippen LogP contribution in [0.2, 0.25) is 5.02 Å². The van der Waals surface area contributed by atoms with Crippen LogP contribution in [0.5, 0.6) is 0 Å². The van der Waals surface area contributed by atoms with Gasteiger partial charge in [-0.3, -0.25) is 4.79 Å². The molecule has 0 aliphatic rings. The average molecular weight is 337 g/mol. The van der Waals surface area contributed by atoms with Crippen molar-refractivity contribution in [3.63, 3.8) is 0 Å². The number of carbonyl (C=O) groups excluding carboxylic acids is 2. The molecule has 1 amide bonds. The van der Waals surface area contributed by atoms with Crippen LogP contribution < -0.4 is 11.1 Å². The van der Waals surface area contributed by atoms with Crippen molar-refractivity contribution in [3.05, 3.63) is 58.4 Å². The van der Waals surface area contributed by atoms with Crippen LogP contribution >= 0.6 is 11.6 Å². The summed E-state index contributed by atoms with van der Waals surface area (Å²) in [7, 11) is 1.29. The summed E-state index contributed by atoms with van der Waals surface area (Å²) in [5.74, 6) is -1.49. The lowest BCUT2D eigenvalue weighted by Gasteiger charge is -2.09. The van der Waals surface area contributed by atoms with Crippen LogP contribution in [0.25, 0.3) is 0 Å². The lowest BCUT2D eigenvalue weighted by Crippen LogP contribution is -2.16. The molecular weight excluding hydrogens is 323 g/mol. The molecule has 0 aliphatic heterocycles. The highest BCUT2D eigenvalue weighted by atomic mass is 35.5. The number of nitrogen functional groups attached to an aromatic ring is 1. The lowest BCUT2D eigenvalue weighted by atomic mass is 10.1. The second-order valence-corrected chi connectivity index (χ2v) is 5.17. The summed E-state index contributed by atoms with van der Waals surface area (Å²) in [6, 6.07) is 8.69. The van der Waals surface area contributed by atoms with Gasteiger partial charge in [0.05, 0.1) is 35.5 Å². The highest BCUT2D eigenvalue weighted by Gasteiger charge is 2.11. The molecule has 5 nitrogen and oxygen atoms in total. The summed E-state index contributed by atoms with van der Waals surface area (Å²) in [5, 5.41) is 2.41. The number of hydrogen-bond acceptors (Lipinski definition) is 4. The molecule has 23 heavy (non-hydrogen) atoms. The number of esters is 1. The summed E-state index contributed by atoms with van der Waals surface area (Å²) < 4.78 is 18.0. The van der Waals surface area contributed by atoms with Crippen molar-refractivity contribution in [2.45, 2.75) is 6.42 Å². The van der Waals surface area contributed by atoms with E-state index in [0.717, 1.165) is 6.07 Å². The van der Waals surface area contributed by atoms with E-state index >= 15 is 0 Å². The van der Waals surface area contributed by atoms with Gasteiger partial charge >= 0.3 is 5.97 Å². The predicted octanol–water partition coefficient (Wildman–Crippen LogP) is 3.03. The van der Waals surface area contributed by atoms with E-state index in [2.05, 4.69) is 10.1 Å². The molecule has 0 saturated carbocycles. The number of hydrogen-bond donors (Lipinski definition) is 2. The van der Waals surface area contributed by atoms with Crippen LogP contribution in [0.4, 0.5) is 15.8 Å². The highest BCUT2D eigenvalue weighted by molar-refractivity contribution is 6.31. The first-order valence-corrected chi connectivity index (χ1v) is 7.00. The van der Waals surface area contributed by atoms with Gasteiger partial charge in [0.25, 0.3) is 0 Å². The van der Waals surface area contributed by atoms with Crippen molar-refractivity contribution in [2.24, 2.45) is 0 Å². The monoisotopic (exact) mass is 336 g/mol. The molecule has 0 saturated heterocycles. The van der Waals surface area contributed by atoms with E-state index in [9.17, 15) is 14.0 Å². The molecule has 2 aromatic rings. The molecule has 0 spiro atoms. The number of nitrogens with two attached hydrogens (primary N) is 1. The quantitative estimate of drug-likeness (QED) is 0.664. The van der Waals surface area contributed by atoms with Gasteiger partial charge in [-0.15, -0.1) is 0 Å². The van der Waals surface area contributed by atoms with E-state index in [1.807, 2.05) is 0 Å². The smallest absolute Gasteiger partial charge is 0.337 e. The van der Waals surface area contributed by atoms with Gasteiger partial charge in [-0.25, -0.2) is 9.18 Å². The van der Waals surface area contributed by atoms with Crippen LogP contribution in [-0.4, -0.2) is 19.0 Å². The fraction of sp³-hybridized carbons (Fsp3) is 0.125. The highest BCUT2D eigenvalue weighted by Crippen LogP contribution is 2.26. The fourth-order valence-electron chi connectivity index (χ4n) is 1.93. The Labute approximate surface area is 137 Å². The van der Waals surface area contributed by atoms with Crippen molar-refractivity contribution in [1.29, 1.82) is 0 Å². The zero-order chi connectivity index (χ0) is 17.0. The minimum Gasteiger partial charge on any atom is -0.465 e. The zero-order valence-electron chi connectivity index (χ0n) is 12.2. The third-order valence-electron chi connectivity index (χ3n) is 3.11. The van der Waals surface area contributed by atoms with Gasteiger partial charge in [-0.1, -0.05) is 23.7 Å². The molecular formula is C16H14ClFN2O3. The summed E-state index contributed by atoms with van der Waals surface area (Å²) in [5.41, 5.74) is 7.08. The van der Waals surface area contributed by atoms with E-state index in [-0.39, 0.29) is 28.7 Å². The maximum absolute atomic E-state index is 13.4. The number of carbonyl (C=O) groups is 2. The van der Waals surface area contributed by atoms with Gasteiger partial charge in [0.1, 0.15) is 5.82 Å². The first kappa shape index (κ1) is 16.8. The number of ether oxygens (including phenoxy) is 1. The lowest BCUT2D eigenvalue weighted by molar-refractivity contribution is -0.115. The van der Waals surface area contributed by atoms with Crippen LogP contribution in [-0.2, 0) is 16.0 Å². The molecule has 2 rings (SSSR count). The Morgan fingerprint density at radius 2 is 1.91 bits per heavy atom. The van der Waals surface area contributed by atoms with E-state index in [1.165, 1.54) is 13.2 Å². The Hall–Kier alpha value is -2.60. The molecule has 0 radical (unpaired) electrons. The largest absolute Gasteiger partial charge is 0.465 e. The van der Waals surface area contributed by atoms with E-state index in [0.29, 0.717) is 11.1 Å². The first-order valence-electron chi connectivity index (χ1n) is 6.62. The molecule has 0 bridgehead atoms. The maximum atomic E-state index is 13.4. The van der Waals surface area contributed by atoms with Gasteiger partial charge in [0.2, 0.25) is 5.91 Å². The Kier molecular flexibility index (Phi) is 5.18. The molecule has 2 aromatic carbocycles. The number of rotatable bonds is 4. The molecule has 0 fully saturated rings. The van der Waals surface area contributed by atoms with Crippen molar-refractivity contribution in [2.75, 3.05) is 18.2 Å². The fourth-order valence-corrected chi connectivity index (χ4v) is 2.10. The molecule has 0 aliphatic carbocycles. The molecule has 3 N–H and O–H groups in total. The Morgan fingerprint density at radius 1 is 1.26 bits per heavy atom. The Balaban J connectivity index is 2.05. The minimum atomic E-state index is -0.668. The summed E-state index contributed by atoms with van der Waals surface area (Å²) in [6.07, 6.45) is 0.0468. The topological polar surface area (TPSA) is 81.4 Å². The van der Waals surface area contributed by atoms with Gasteiger partial charge in [0, 0.05) is 6.07 Å². The summed E-state index contributed by atoms with van der Waals surface area (Å²) in [6.45, 7) is 0. The Morgan fingerprint density at radius 3 is 2.52 bits per heavy atom. The van der Waals surface area contributed by atoms with E-state index < -0.39 is 11.8 Å². The van der Waals surface area contributed by atoms with Crippen molar-refractivity contribution in [3.8, 4) is 0 Å². The van der Waals surface area contributed by atoms with Gasteiger partial charge in [-0.05, 0) is 23.8 Å². The number of methoxy groups -OCH3 is 1. The average Bonchev–Trinajstić information content (AvgIpc) is 2.52. The first-order chi connectivity index (χ1) is 10.9. The van der Waals surface area contributed by atoms with Gasteiger partial charge in [-0.2, -0.15) is 0 Å². The van der Waals surface area contributed by atoms with Crippen molar-refractivity contribution in [1.82, 2.24) is 0 Å². The third kappa shape index (κ3) is 4.20. The molecule has 0 atom stereocenters. The number of benzene rings is 2. The van der Waals surface area contributed by atoms with Crippen LogP contribution in [0.3, 0.4) is 0 Å². The summed E-state index contributed by atoms with van der Waals surface area (Å²) >= 11 is 5.60. The molecule has 7 heteroatoms. The van der Waals surface area contributed by atoms with Crippen molar-refractivity contribution < 1.29 is 18.7 Å². The molecule has 0 aromatic heterocycles. The number of halogens is 2. The number of amides is 1. The zero-order valence-corrected chi connectivity index (χ0v) is 13.0. The van der Waals surface area contributed by atoms with Crippen LogP contribution in [0, 0.1) is 5.82 Å². The normalized spacial score (nSPS) is 10.2.